The number of hydrogen-bond acceptors (Lipinski definition) is 5. The first-order chi connectivity index (χ1) is 19.8. The van der Waals surface area contributed by atoms with Gasteiger partial charge in [-0.25, -0.2) is 9.18 Å². The molecular formula is C32H34FN3O4S. The van der Waals surface area contributed by atoms with Gasteiger partial charge in [-0.1, -0.05) is 67.6 Å². The molecule has 0 aliphatic heterocycles. The molecule has 2 N–H and O–H groups in total. The highest BCUT2D eigenvalue weighted by Crippen LogP contribution is 2.28. The molecule has 41 heavy (non-hydrogen) atoms. The van der Waals surface area contributed by atoms with Crippen LogP contribution >= 0.6 is 12.6 Å². The molecule has 1 amide bonds. The first-order valence-corrected chi connectivity index (χ1v) is 14.2. The van der Waals surface area contributed by atoms with Gasteiger partial charge in [0.2, 0.25) is 5.91 Å². The third-order valence-corrected chi connectivity index (χ3v) is 7.35. The second kappa shape index (κ2) is 14.0. The van der Waals surface area contributed by atoms with Gasteiger partial charge in [0.1, 0.15) is 5.82 Å². The number of amides is 1. The fourth-order valence-electron chi connectivity index (χ4n) is 4.75. The molecule has 0 spiro atoms. The molecule has 1 unspecified atom stereocenters. The summed E-state index contributed by atoms with van der Waals surface area (Å²) >= 11 is 4.50. The van der Waals surface area contributed by atoms with Gasteiger partial charge in [0.25, 0.3) is 6.01 Å². The van der Waals surface area contributed by atoms with Crippen molar-refractivity contribution in [3.05, 3.63) is 107 Å². The van der Waals surface area contributed by atoms with Crippen LogP contribution in [-0.2, 0) is 30.7 Å². The average Bonchev–Trinajstić information content (AvgIpc) is 3.31. The number of imidazole rings is 1. The zero-order valence-electron chi connectivity index (χ0n) is 23.1. The smallest absolute Gasteiger partial charge is 0.336 e. The van der Waals surface area contributed by atoms with Crippen molar-refractivity contribution in [3.63, 3.8) is 0 Å². The van der Waals surface area contributed by atoms with Gasteiger partial charge in [-0.2, -0.15) is 17.6 Å². The van der Waals surface area contributed by atoms with E-state index in [2.05, 4.69) is 22.9 Å². The van der Waals surface area contributed by atoms with E-state index in [4.69, 9.17) is 4.74 Å². The number of carboxylic acid groups (broad SMARTS) is 1. The Balaban J connectivity index is 1.50. The van der Waals surface area contributed by atoms with Crippen LogP contribution in [0, 0.1) is 5.82 Å². The van der Waals surface area contributed by atoms with Crippen molar-refractivity contribution < 1.29 is 23.8 Å². The van der Waals surface area contributed by atoms with E-state index in [1.165, 1.54) is 12.1 Å². The predicted molar refractivity (Wildman–Crippen MR) is 160 cm³/mol. The molecule has 4 aromatic rings. The maximum atomic E-state index is 15.4. The molecule has 4 rings (SSSR count). The number of ether oxygens (including phenoxy) is 1. The monoisotopic (exact) mass is 575 g/mol. The topological polar surface area (TPSA) is 93.5 Å². The minimum Gasteiger partial charge on any atom is -0.478 e. The maximum absolute atomic E-state index is 15.4. The summed E-state index contributed by atoms with van der Waals surface area (Å²) in [7, 11) is 0. The number of carboxylic acids is 1. The highest BCUT2D eigenvalue weighted by molar-refractivity contribution is 7.81. The number of nitrogens with one attached hydrogen (secondary N) is 1. The summed E-state index contributed by atoms with van der Waals surface area (Å²) in [5.41, 5.74) is 4.07. The maximum Gasteiger partial charge on any atom is 0.336 e. The Morgan fingerprint density at radius 2 is 1.80 bits per heavy atom. The molecule has 0 fully saturated rings. The van der Waals surface area contributed by atoms with Gasteiger partial charge in [0, 0.05) is 11.3 Å². The van der Waals surface area contributed by atoms with Gasteiger partial charge < -0.3 is 15.2 Å². The molecular weight excluding hydrogens is 541 g/mol. The van der Waals surface area contributed by atoms with Crippen LogP contribution in [0.2, 0.25) is 0 Å². The van der Waals surface area contributed by atoms with Crippen LogP contribution in [-0.4, -0.2) is 38.4 Å². The largest absolute Gasteiger partial charge is 0.478 e. The molecule has 0 bridgehead atoms. The highest BCUT2D eigenvalue weighted by atomic mass is 32.1. The second-order valence-corrected chi connectivity index (χ2v) is 10.2. The van der Waals surface area contributed by atoms with Crippen molar-refractivity contribution in [3.8, 4) is 17.1 Å². The van der Waals surface area contributed by atoms with E-state index in [1.807, 2.05) is 48.7 Å². The molecule has 214 valence electrons. The fraction of sp³-hybridized carbons (Fsp3) is 0.281. The van der Waals surface area contributed by atoms with Gasteiger partial charge in [-0.05, 0) is 55.0 Å². The Hall–Kier alpha value is -4.11. The van der Waals surface area contributed by atoms with Gasteiger partial charge in [-0.3, -0.25) is 9.36 Å². The first kappa shape index (κ1) is 29.9. The zero-order chi connectivity index (χ0) is 29.4. The normalized spacial score (nSPS) is 11.7. The van der Waals surface area contributed by atoms with Crippen molar-refractivity contribution in [2.75, 3.05) is 6.61 Å². The summed E-state index contributed by atoms with van der Waals surface area (Å²) in [5.74, 6) is -1.72. The number of hydrogen-bond donors (Lipinski definition) is 3. The summed E-state index contributed by atoms with van der Waals surface area (Å²) in [6.45, 7) is 4.55. The number of carbonyl (C=O) groups excluding carboxylic acids is 1. The van der Waals surface area contributed by atoms with Crippen molar-refractivity contribution >= 4 is 24.5 Å². The summed E-state index contributed by atoms with van der Waals surface area (Å²) in [4.78, 5) is 29.0. The molecule has 3 aromatic carbocycles. The van der Waals surface area contributed by atoms with Gasteiger partial charge in [0.05, 0.1) is 36.2 Å². The lowest BCUT2D eigenvalue weighted by atomic mass is 9.98. The number of thiol groups is 1. The van der Waals surface area contributed by atoms with E-state index in [0.717, 1.165) is 17.7 Å². The summed E-state index contributed by atoms with van der Waals surface area (Å²) in [5, 5.41) is 12.0. The summed E-state index contributed by atoms with van der Waals surface area (Å²) < 4.78 is 23.0. The fourth-order valence-corrected chi connectivity index (χ4v) is 4.97. The lowest BCUT2D eigenvalue weighted by Crippen LogP contribution is -2.31. The van der Waals surface area contributed by atoms with Gasteiger partial charge >= 0.3 is 5.97 Å². The molecule has 1 aromatic heterocycles. The second-order valence-electron chi connectivity index (χ2n) is 9.58. The van der Waals surface area contributed by atoms with E-state index < -0.39 is 17.0 Å². The zero-order valence-corrected chi connectivity index (χ0v) is 24.0. The van der Waals surface area contributed by atoms with Crippen LogP contribution in [0.15, 0.2) is 72.8 Å². The number of carbonyl (C=O) groups is 2. The Bertz CT molecular complexity index is 1510. The lowest BCUT2D eigenvalue weighted by Gasteiger charge is -2.14. The third kappa shape index (κ3) is 7.35. The lowest BCUT2D eigenvalue weighted by molar-refractivity contribution is -0.120. The van der Waals surface area contributed by atoms with Crippen LogP contribution in [0.4, 0.5) is 4.39 Å². The Labute approximate surface area is 244 Å². The average molecular weight is 576 g/mol. The standard InChI is InChI=1S/C32H34FN3O4S/c1-3-28-27(19-34-30(37)29(41)17-14-21-10-6-5-7-11-21)35-32(40-4-2)36(28)20-23-16-15-22(18-26(23)33)24-12-8-9-13-25(24)31(38)39/h5-13,15-16,18,29,41H,3-4,14,17,19-20H2,1-2H3,(H,34,37)(H,38,39). The Morgan fingerprint density at radius 3 is 2.49 bits per heavy atom. The summed E-state index contributed by atoms with van der Waals surface area (Å²) in [6, 6.07) is 21.5. The highest BCUT2D eigenvalue weighted by Gasteiger charge is 2.21. The molecule has 7 nitrogen and oxygen atoms in total. The molecule has 1 heterocycles. The predicted octanol–water partition coefficient (Wildman–Crippen LogP) is 5.94. The molecule has 9 heteroatoms. The van der Waals surface area contributed by atoms with Gasteiger partial charge in [0.15, 0.2) is 0 Å². The van der Waals surface area contributed by atoms with Crippen LogP contribution in [0.25, 0.3) is 11.1 Å². The molecule has 0 aliphatic carbocycles. The molecule has 1 atom stereocenters. The van der Waals surface area contributed by atoms with Crippen LogP contribution in [0.1, 0.15) is 53.1 Å². The molecule has 0 radical (unpaired) electrons. The molecule has 0 saturated heterocycles. The van der Waals surface area contributed by atoms with Crippen LogP contribution in [0.3, 0.4) is 0 Å². The number of rotatable bonds is 13. The number of benzene rings is 3. The molecule has 0 aliphatic rings. The Morgan fingerprint density at radius 1 is 1.07 bits per heavy atom. The van der Waals surface area contributed by atoms with Crippen LogP contribution < -0.4 is 10.1 Å². The number of halogens is 1. The van der Waals surface area contributed by atoms with E-state index >= 15 is 4.39 Å². The van der Waals surface area contributed by atoms with E-state index in [9.17, 15) is 14.7 Å². The quantitative estimate of drug-likeness (QED) is 0.172. The summed E-state index contributed by atoms with van der Waals surface area (Å²) in [6.07, 6.45) is 1.94. The number of aromatic carboxylic acids is 1. The SMILES string of the molecule is CCOc1nc(CNC(=O)C(S)CCc2ccccc2)c(CC)n1Cc1ccc(-c2ccccc2C(=O)O)cc1F. The van der Waals surface area contributed by atoms with Gasteiger partial charge in [-0.15, -0.1) is 0 Å². The van der Waals surface area contributed by atoms with Crippen molar-refractivity contribution in [1.29, 1.82) is 0 Å². The van der Waals surface area contributed by atoms with Crippen LogP contribution in [0.5, 0.6) is 6.01 Å². The number of aromatic nitrogens is 2. The van der Waals surface area contributed by atoms with E-state index in [0.29, 0.717) is 47.8 Å². The first-order valence-electron chi connectivity index (χ1n) is 13.6. The van der Waals surface area contributed by atoms with E-state index in [1.54, 1.807) is 30.3 Å². The Kier molecular flexibility index (Phi) is 10.2. The third-order valence-electron chi connectivity index (χ3n) is 6.86. The minimum atomic E-state index is -1.07. The number of nitrogens with zero attached hydrogens (tertiary/aromatic N) is 2. The van der Waals surface area contributed by atoms with Crippen molar-refractivity contribution in [1.82, 2.24) is 14.9 Å². The number of aryl methyl sites for hydroxylation is 1. The van der Waals surface area contributed by atoms with E-state index in [-0.39, 0.29) is 24.6 Å². The molecule has 0 saturated carbocycles. The van der Waals surface area contributed by atoms with Crippen molar-refractivity contribution in [2.45, 2.75) is 51.4 Å². The minimum absolute atomic E-state index is 0.108. The van der Waals surface area contributed by atoms with Crippen molar-refractivity contribution in [2.24, 2.45) is 0 Å².